The molecule has 0 aliphatic carbocycles. The van der Waals surface area contributed by atoms with Gasteiger partial charge in [0, 0.05) is 12.1 Å². The predicted octanol–water partition coefficient (Wildman–Crippen LogP) is 4.35. The molecule has 0 aromatic carbocycles. The van der Waals surface area contributed by atoms with Gasteiger partial charge >= 0.3 is 0 Å². The quantitative estimate of drug-likeness (QED) is 0.277. The Hall–Kier alpha value is -2.87. The number of aliphatic hydroxyl groups is 1. The summed E-state index contributed by atoms with van der Waals surface area (Å²) in [7, 11) is 1.61. The largest absolute Gasteiger partial charge is 0.515 e. The molecule has 0 fully saturated rings. The first-order valence-corrected chi connectivity index (χ1v) is 9.06. The molecule has 146 valence electrons. The first kappa shape index (κ1) is 22.2. The Morgan fingerprint density at radius 3 is 2.70 bits per heavy atom. The maximum absolute atomic E-state index is 10.5. The number of aliphatic hydroxyl groups excluding tert-OH is 1. The number of nitrogens with one attached hydrogen (secondary N) is 2. The number of hydrogen-bond acceptors (Lipinski definition) is 8. The third kappa shape index (κ3) is 8.87. The van der Waals surface area contributed by atoms with E-state index in [1.165, 1.54) is 0 Å². The minimum Gasteiger partial charge on any atom is -0.515 e. The van der Waals surface area contributed by atoms with Crippen LogP contribution in [0.3, 0.4) is 0 Å². The number of allylic oxidation sites excluding steroid dienone is 7. The van der Waals surface area contributed by atoms with Crippen LogP contribution in [0, 0.1) is 0 Å². The van der Waals surface area contributed by atoms with E-state index in [-0.39, 0.29) is 6.42 Å². The summed E-state index contributed by atoms with van der Waals surface area (Å²) in [6.45, 7) is 8.13. The molecule has 0 saturated heterocycles. The van der Waals surface area contributed by atoms with Crippen molar-refractivity contribution < 1.29 is 14.6 Å². The molecule has 1 heterocycles. The Kier molecular flexibility index (Phi) is 10.2. The zero-order valence-corrected chi connectivity index (χ0v) is 16.7. The molecule has 8 heteroatoms. The lowest BCUT2D eigenvalue weighted by Crippen LogP contribution is -2.09. The molecule has 0 aliphatic heterocycles. The number of hydrogen-bond donors (Lipinski definition) is 3. The van der Waals surface area contributed by atoms with Crippen molar-refractivity contribution in [1.29, 1.82) is 0 Å². The van der Waals surface area contributed by atoms with Crippen molar-refractivity contribution in [2.24, 2.45) is 0 Å². The number of rotatable bonds is 12. The second-order valence-corrected chi connectivity index (χ2v) is 6.23. The van der Waals surface area contributed by atoms with E-state index in [0.29, 0.717) is 30.2 Å². The second-order valence-electron chi connectivity index (χ2n) is 5.70. The topological polar surface area (TPSA) is 96.4 Å². The van der Waals surface area contributed by atoms with E-state index in [2.05, 4.69) is 26.0 Å². The normalized spacial score (nSPS) is 12.9. The molecule has 0 bridgehead atoms. The molecule has 0 spiro atoms. The van der Waals surface area contributed by atoms with Gasteiger partial charge in [0.2, 0.25) is 0 Å². The Labute approximate surface area is 164 Å². The fourth-order valence-corrected chi connectivity index (χ4v) is 2.46. The zero-order valence-electron chi connectivity index (χ0n) is 15.9. The molecule has 0 amide bonds. The maximum atomic E-state index is 10.5. The Morgan fingerprint density at radius 1 is 1.33 bits per heavy atom. The minimum atomic E-state index is 0.191. The van der Waals surface area contributed by atoms with Crippen LogP contribution in [0.25, 0.3) is 0 Å². The molecule has 3 N–H and O–H groups in total. The summed E-state index contributed by atoms with van der Waals surface area (Å²) in [5, 5.41) is 15.4. The van der Waals surface area contributed by atoms with Gasteiger partial charge in [0.15, 0.2) is 11.6 Å². The predicted molar refractivity (Wildman–Crippen MR) is 111 cm³/mol. The van der Waals surface area contributed by atoms with Crippen LogP contribution < -0.4 is 10.6 Å². The summed E-state index contributed by atoms with van der Waals surface area (Å²) in [6.07, 6.45) is 9.93. The van der Waals surface area contributed by atoms with Crippen molar-refractivity contribution in [3.63, 3.8) is 0 Å². The number of aldehydes is 1. The minimum absolute atomic E-state index is 0.191. The van der Waals surface area contributed by atoms with Crippen LogP contribution in [-0.2, 0) is 9.53 Å². The highest BCUT2D eigenvalue weighted by Crippen LogP contribution is 2.20. The van der Waals surface area contributed by atoms with Crippen molar-refractivity contribution >= 4 is 29.7 Å². The van der Waals surface area contributed by atoms with Gasteiger partial charge in [0.25, 0.3) is 0 Å². The smallest absolute Gasteiger partial charge is 0.188 e. The fraction of sp³-hybridized carbons (Fsp3) is 0.316. The molecule has 0 saturated carbocycles. The van der Waals surface area contributed by atoms with Crippen molar-refractivity contribution in [1.82, 2.24) is 8.75 Å². The van der Waals surface area contributed by atoms with Gasteiger partial charge in [-0.25, -0.2) is 0 Å². The highest BCUT2D eigenvalue weighted by molar-refractivity contribution is 6.99. The fourth-order valence-electron chi connectivity index (χ4n) is 1.98. The van der Waals surface area contributed by atoms with Crippen molar-refractivity contribution in [2.75, 3.05) is 24.3 Å². The van der Waals surface area contributed by atoms with E-state index in [4.69, 9.17) is 9.84 Å². The summed E-state index contributed by atoms with van der Waals surface area (Å²) in [6, 6.07) is 0. The monoisotopic (exact) mass is 390 g/mol. The van der Waals surface area contributed by atoms with Gasteiger partial charge in [-0.2, -0.15) is 8.75 Å². The van der Waals surface area contributed by atoms with E-state index in [1.807, 2.05) is 32.1 Å². The first-order valence-electron chi connectivity index (χ1n) is 8.33. The SMILES string of the molecule is C=C(C)/C=C(/CNc1nsnc1N/C(C)=C/CC=C/C(=C/O)CC=O)OC. The van der Waals surface area contributed by atoms with E-state index in [0.717, 1.165) is 41.3 Å². The highest BCUT2D eigenvalue weighted by atomic mass is 32.1. The third-order valence-corrected chi connectivity index (χ3v) is 3.81. The molecular formula is C19H26N4O3S. The molecular weight excluding hydrogens is 364 g/mol. The molecule has 1 rings (SSSR count). The molecule has 1 aromatic heterocycles. The van der Waals surface area contributed by atoms with Crippen molar-refractivity contribution in [3.05, 3.63) is 59.7 Å². The summed E-state index contributed by atoms with van der Waals surface area (Å²) in [5.74, 6) is 2.03. The molecule has 27 heavy (non-hydrogen) atoms. The van der Waals surface area contributed by atoms with E-state index >= 15 is 0 Å². The van der Waals surface area contributed by atoms with Crippen LogP contribution in [0.2, 0.25) is 0 Å². The van der Waals surface area contributed by atoms with Gasteiger partial charge in [0.05, 0.1) is 31.6 Å². The average molecular weight is 391 g/mol. The third-order valence-electron chi connectivity index (χ3n) is 3.28. The molecule has 7 nitrogen and oxygen atoms in total. The van der Waals surface area contributed by atoms with Gasteiger partial charge in [-0.05, 0) is 31.9 Å². The van der Waals surface area contributed by atoms with E-state index in [1.54, 1.807) is 13.2 Å². The van der Waals surface area contributed by atoms with Gasteiger partial charge < -0.3 is 25.3 Å². The molecule has 0 radical (unpaired) electrons. The van der Waals surface area contributed by atoms with Crippen LogP contribution in [0.5, 0.6) is 0 Å². The average Bonchev–Trinajstić information content (AvgIpc) is 3.07. The summed E-state index contributed by atoms with van der Waals surface area (Å²) in [5.41, 5.74) is 2.38. The summed E-state index contributed by atoms with van der Waals surface area (Å²) in [4.78, 5) is 10.5. The Balaban J connectivity index is 2.62. The van der Waals surface area contributed by atoms with Crippen LogP contribution in [-0.4, -0.2) is 33.8 Å². The Morgan fingerprint density at radius 2 is 2.07 bits per heavy atom. The molecule has 0 atom stereocenters. The number of carbonyl (C=O) groups excluding carboxylic acids is 1. The highest BCUT2D eigenvalue weighted by Gasteiger charge is 2.08. The van der Waals surface area contributed by atoms with E-state index in [9.17, 15) is 4.79 Å². The number of anilines is 2. The maximum Gasteiger partial charge on any atom is 0.188 e. The van der Waals surface area contributed by atoms with E-state index < -0.39 is 0 Å². The van der Waals surface area contributed by atoms with Crippen molar-refractivity contribution in [2.45, 2.75) is 26.7 Å². The second kappa shape index (κ2) is 12.5. The van der Waals surface area contributed by atoms with Crippen LogP contribution in [0.15, 0.2) is 59.7 Å². The summed E-state index contributed by atoms with van der Waals surface area (Å²) >= 11 is 1.11. The number of carbonyl (C=O) groups is 1. The van der Waals surface area contributed by atoms with Gasteiger partial charge in [-0.15, -0.1) is 0 Å². The lowest BCUT2D eigenvalue weighted by molar-refractivity contribution is -0.107. The zero-order chi connectivity index (χ0) is 20.1. The summed E-state index contributed by atoms with van der Waals surface area (Å²) < 4.78 is 13.8. The standard InChI is InChI=1S/C19H26N4O3S/c1-14(2)11-17(26-4)12-20-18-19(23-27-22-18)21-15(3)7-5-6-8-16(13-25)9-10-24/h6-8,10-11,13,25H,1,5,9,12H2,2-4H3,(H,20,22)(H,21,23)/b8-6?,15-7+,16-13-,17-11-. The van der Waals surface area contributed by atoms with Gasteiger partial charge in [-0.3, -0.25) is 0 Å². The van der Waals surface area contributed by atoms with Crippen LogP contribution >= 0.6 is 11.7 Å². The Bertz CT molecular complexity index is 748. The van der Waals surface area contributed by atoms with Crippen molar-refractivity contribution in [3.8, 4) is 0 Å². The number of methoxy groups -OCH3 is 1. The van der Waals surface area contributed by atoms with Crippen LogP contribution in [0.1, 0.15) is 26.7 Å². The van der Waals surface area contributed by atoms with Gasteiger partial charge in [0.1, 0.15) is 12.0 Å². The lowest BCUT2D eigenvalue weighted by Gasteiger charge is -2.09. The van der Waals surface area contributed by atoms with Gasteiger partial charge in [-0.1, -0.05) is 30.4 Å². The first-order chi connectivity index (χ1) is 13.0. The number of aromatic nitrogens is 2. The molecule has 1 aromatic rings. The lowest BCUT2D eigenvalue weighted by atomic mass is 10.2. The molecule has 0 aliphatic rings. The van der Waals surface area contributed by atoms with Crippen LogP contribution in [0.4, 0.5) is 11.6 Å². The molecule has 0 unspecified atom stereocenters. The number of nitrogens with zero attached hydrogens (tertiary/aromatic N) is 2. The number of ether oxygens (including phenoxy) is 1.